The molecule has 118 valence electrons. The molecule has 22 heavy (non-hydrogen) atoms. The largest absolute Gasteiger partial charge is 0.508 e. The quantitative estimate of drug-likeness (QED) is 0.655. The molecule has 4 unspecified atom stereocenters. The number of piperazine rings is 1. The van der Waals surface area contributed by atoms with Crippen molar-refractivity contribution in [3.8, 4) is 5.75 Å². The van der Waals surface area contributed by atoms with E-state index in [0.29, 0.717) is 24.8 Å². The number of carbonyl (C=O) groups excluding carboxylic acids is 1. The topological polar surface area (TPSA) is 98.7 Å². The zero-order valence-corrected chi connectivity index (χ0v) is 12.4. The molecule has 1 aliphatic carbocycles. The predicted octanol–water partition coefficient (Wildman–Crippen LogP) is 1.08. The summed E-state index contributed by atoms with van der Waals surface area (Å²) < 4.78 is 0. The van der Waals surface area contributed by atoms with Crippen LogP contribution < -0.4 is 10.6 Å². The normalized spacial score (nSPS) is 31.2. The Morgan fingerprint density at radius 1 is 1.27 bits per heavy atom. The van der Waals surface area contributed by atoms with Crippen LogP contribution in [0.2, 0.25) is 0 Å². The number of hydrogen-bond acceptors (Lipinski definition) is 4. The molecule has 1 amide bonds. The minimum absolute atomic E-state index is 0.0400. The Morgan fingerprint density at radius 3 is 2.77 bits per heavy atom. The number of carbonyl (C=O) groups is 2. The highest BCUT2D eigenvalue weighted by molar-refractivity contribution is 5.85. The number of carboxylic acids is 1. The lowest BCUT2D eigenvalue weighted by Gasteiger charge is -2.42. The van der Waals surface area contributed by atoms with Crippen LogP contribution in [0.15, 0.2) is 18.2 Å². The van der Waals surface area contributed by atoms with Crippen LogP contribution >= 0.6 is 0 Å². The Balaban J connectivity index is 1.80. The standard InChI is InChI=1S/C16H20N2O4/c1-8-2-5-13(19)10(6-8)14-15(20)18-12-7-9(16(21)22)3-4-11(12)17-14/h2,5-6,9,11-12,14,17,19H,3-4,7H2,1H3,(H,18,20)(H,21,22). The first-order valence-electron chi connectivity index (χ1n) is 7.54. The van der Waals surface area contributed by atoms with Gasteiger partial charge in [0.2, 0.25) is 5.91 Å². The van der Waals surface area contributed by atoms with Crippen molar-refractivity contribution >= 4 is 11.9 Å². The van der Waals surface area contributed by atoms with Gasteiger partial charge in [-0.3, -0.25) is 14.9 Å². The van der Waals surface area contributed by atoms with Crippen molar-refractivity contribution in [3.63, 3.8) is 0 Å². The third-order valence-electron chi connectivity index (χ3n) is 4.66. The van der Waals surface area contributed by atoms with Gasteiger partial charge in [0.25, 0.3) is 0 Å². The van der Waals surface area contributed by atoms with Crippen molar-refractivity contribution in [2.24, 2.45) is 5.92 Å². The van der Waals surface area contributed by atoms with Crippen LogP contribution in [0.1, 0.15) is 36.4 Å². The van der Waals surface area contributed by atoms with Gasteiger partial charge < -0.3 is 15.5 Å². The first kappa shape index (κ1) is 14.8. The zero-order valence-electron chi connectivity index (χ0n) is 12.4. The molecular formula is C16H20N2O4. The molecule has 1 saturated heterocycles. The van der Waals surface area contributed by atoms with E-state index in [1.807, 2.05) is 6.92 Å². The number of carboxylic acid groups (broad SMARTS) is 1. The number of aryl methyl sites for hydroxylation is 1. The van der Waals surface area contributed by atoms with Crippen LogP contribution in [0.3, 0.4) is 0 Å². The predicted molar refractivity (Wildman–Crippen MR) is 79.4 cm³/mol. The summed E-state index contributed by atoms with van der Waals surface area (Å²) in [7, 11) is 0. The third-order valence-corrected chi connectivity index (χ3v) is 4.66. The summed E-state index contributed by atoms with van der Waals surface area (Å²) in [5.74, 6) is -1.32. The number of phenols is 1. The molecule has 1 saturated carbocycles. The molecule has 2 fully saturated rings. The maximum absolute atomic E-state index is 12.4. The monoisotopic (exact) mass is 304 g/mol. The summed E-state index contributed by atoms with van der Waals surface area (Å²) in [4.78, 5) is 23.5. The second kappa shape index (κ2) is 5.61. The SMILES string of the molecule is Cc1ccc(O)c(C2NC3CCC(C(=O)O)CC3NC2=O)c1. The molecule has 6 nitrogen and oxygen atoms in total. The second-order valence-electron chi connectivity index (χ2n) is 6.23. The van der Waals surface area contributed by atoms with Crippen LogP contribution in [0.5, 0.6) is 5.75 Å². The van der Waals surface area contributed by atoms with Gasteiger partial charge in [-0.1, -0.05) is 17.7 Å². The van der Waals surface area contributed by atoms with E-state index in [9.17, 15) is 14.7 Å². The van der Waals surface area contributed by atoms with E-state index in [-0.39, 0.29) is 23.7 Å². The number of fused-ring (bicyclic) bond motifs is 1. The third kappa shape index (κ3) is 2.66. The highest BCUT2D eigenvalue weighted by Gasteiger charge is 2.41. The summed E-state index contributed by atoms with van der Waals surface area (Å²) >= 11 is 0. The molecule has 1 aliphatic heterocycles. The molecule has 0 bridgehead atoms. The zero-order chi connectivity index (χ0) is 15.9. The molecule has 0 spiro atoms. The van der Waals surface area contributed by atoms with E-state index in [1.165, 1.54) is 0 Å². The maximum Gasteiger partial charge on any atom is 0.306 e. The van der Waals surface area contributed by atoms with Crippen molar-refractivity contribution in [2.75, 3.05) is 0 Å². The fourth-order valence-corrected chi connectivity index (χ4v) is 3.45. The van der Waals surface area contributed by atoms with E-state index in [2.05, 4.69) is 10.6 Å². The van der Waals surface area contributed by atoms with E-state index in [0.717, 1.165) is 5.56 Å². The molecule has 1 aromatic rings. The van der Waals surface area contributed by atoms with Gasteiger partial charge in [0.15, 0.2) is 0 Å². The smallest absolute Gasteiger partial charge is 0.306 e. The molecule has 4 N–H and O–H groups in total. The van der Waals surface area contributed by atoms with Gasteiger partial charge in [-0.15, -0.1) is 0 Å². The van der Waals surface area contributed by atoms with Crippen molar-refractivity contribution in [1.82, 2.24) is 10.6 Å². The molecule has 0 aromatic heterocycles. The van der Waals surface area contributed by atoms with Gasteiger partial charge in [0.1, 0.15) is 11.8 Å². The maximum atomic E-state index is 12.4. The van der Waals surface area contributed by atoms with Gasteiger partial charge in [0, 0.05) is 17.6 Å². The highest BCUT2D eigenvalue weighted by Crippen LogP contribution is 2.33. The van der Waals surface area contributed by atoms with Crippen LogP contribution in [0, 0.1) is 12.8 Å². The number of nitrogens with one attached hydrogen (secondary N) is 2. The second-order valence-corrected chi connectivity index (χ2v) is 6.23. The summed E-state index contributed by atoms with van der Waals surface area (Å²) in [6.45, 7) is 1.91. The summed E-state index contributed by atoms with van der Waals surface area (Å²) in [6.07, 6.45) is 1.75. The Labute approximate surface area is 128 Å². The Kier molecular flexibility index (Phi) is 3.78. The fraction of sp³-hybridized carbons (Fsp3) is 0.500. The molecule has 2 aliphatic rings. The summed E-state index contributed by atoms with van der Waals surface area (Å²) in [6, 6.07) is 4.47. The van der Waals surface area contributed by atoms with Crippen molar-refractivity contribution < 1.29 is 19.8 Å². The summed E-state index contributed by atoms with van der Waals surface area (Å²) in [5, 5.41) is 25.3. The van der Waals surface area contributed by atoms with Crippen molar-refractivity contribution in [1.29, 1.82) is 0 Å². The first-order chi connectivity index (χ1) is 10.5. The van der Waals surface area contributed by atoms with Gasteiger partial charge in [0.05, 0.1) is 5.92 Å². The van der Waals surface area contributed by atoms with E-state index >= 15 is 0 Å². The average molecular weight is 304 g/mol. The molecular weight excluding hydrogens is 284 g/mol. The van der Waals surface area contributed by atoms with E-state index < -0.39 is 17.9 Å². The summed E-state index contributed by atoms with van der Waals surface area (Å²) in [5.41, 5.74) is 1.54. The van der Waals surface area contributed by atoms with Crippen LogP contribution in [-0.4, -0.2) is 34.2 Å². The van der Waals surface area contributed by atoms with Gasteiger partial charge in [-0.05, 0) is 32.3 Å². The Morgan fingerprint density at radius 2 is 2.05 bits per heavy atom. The minimum Gasteiger partial charge on any atom is -0.508 e. The fourth-order valence-electron chi connectivity index (χ4n) is 3.45. The number of hydrogen-bond donors (Lipinski definition) is 4. The lowest BCUT2D eigenvalue weighted by atomic mass is 9.80. The molecule has 4 atom stereocenters. The number of benzene rings is 1. The number of aliphatic carboxylic acids is 1. The lowest BCUT2D eigenvalue weighted by molar-refractivity contribution is -0.144. The Hall–Kier alpha value is -2.08. The van der Waals surface area contributed by atoms with Gasteiger partial charge in [-0.2, -0.15) is 0 Å². The van der Waals surface area contributed by atoms with Crippen LogP contribution in [0.25, 0.3) is 0 Å². The van der Waals surface area contributed by atoms with E-state index in [4.69, 9.17) is 5.11 Å². The lowest BCUT2D eigenvalue weighted by Crippen LogP contribution is -2.62. The van der Waals surface area contributed by atoms with Crippen molar-refractivity contribution in [2.45, 2.75) is 44.3 Å². The highest BCUT2D eigenvalue weighted by atomic mass is 16.4. The number of rotatable bonds is 2. The Bertz CT molecular complexity index is 616. The first-order valence-corrected chi connectivity index (χ1v) is 7.54. The average Bonchev–Trinajstić information content (AvgIpc) is 2.48. The van der Waals surface area contributed by atoms with E-state index in [1.54, 1.807) is 18.2 Å². The molecule has 3 rings (SSSR count). The molecule has 1 aromatic carbocycles. The number of amides is 1. The number of aromatic hydroxyl groups is 1. The molecule has 6 heteroatoms. The van der Waals surface area contributed by atoms with Crippen molar-refractivity contribution in [3.05, 3.63) is 29.3 Å². The van der Waals surface area contributed by atoms with Crippen LogP contribution in [-0.2, 0) is 9.59 Å². The minimum atomic E-state index is -0.800. The molecule has 1 heterocycles. The van der Waals surface area contributed by atoms with Gasteiger partial charge >= 0.3 is 5.97 Å². The number of phenolic OH excluding ortho intramolecular Hbond substituents is 1. The van der Waals surface area contributed by atoms with Crippen LogP contribution in [0.4, 0.5) is 0 Å². The molecule has 0 radical (unpaired) electrons. The van der Waals surface area contributed by atoms with Gasteiger partial charge in [-0.25, -0.2) is 0 Å².